The molecule has 0 N–H and O–H groups in total. The van der Waals surface area contributed by atoms with E-state index >= 15 is 0 Å². The SMILES string of the molecule is N#Cc1ccc2c3c1ccc1c(-c4ccc5c(-c6cccc7ccccc67)c6ccccc6c(-c6cccc7ccccc67)c5c4)ccc(c13)n2-c1ccccc1. The monoisotopic (exact) mass is 720 g/mol. The summed E-state index contributed by atoms with van der Waals surface area (Å²) in [5.74, 6) is 0. The molecule has 0 spiro atoms. The van der Waals surface area contributed by atoms with Gasteiger partial charge in [-0.1, -0.05) is 158 Å². The lowest BCUT2D eigenvalue weighted by atomic mass is 9.82. The van der Waals surface area contributed by atoms with Gasteiger partial charge in [0.05, 0.1) is 22.7 Å². The standard InChI is InChI=1S/C55H32N2/c56-33-37-25-30-50-54-42(37)27-28-47-41(29-31-51(55(47)54)57(50)38-16-2-1-3-17-38)36-24-26-48-49(32-36)53(44-23-11-15-35-13-5-7-19-40(35)44)46-21-9-8-20-45(46)52(48)43-22-10-14-34-12-4-6-18-39(34)43/h1-32H. The van der Waals surface area contributed by atoms with Crippen molar-refractivity contribution < 1.29 is 0 Å². The first kappa shape index (κ1) is 31.6. The van der Waals surface area contributed by atoms with Crippen molar-refractivity contribution in [1.82, 2.24) is 4.57 Å². The Morgan fingerprint density at radius 3 is 1.53 bits per heavy atom. The molecule has 0 aliphatic rings. The van der Waals surface area contributed by atoms with Crippen molar-refractivity contribution in [2.75, 3.05) is 0 Å². The van der Waals surface area contributed by atoms with Gasteiger partial charge in [-0.2, -0.15) is 5.26 Å². The fourth-order valence-electron chi connectivity index (χ4n) is 9.77. The average Bonchev–Trinajstić information content (AvgIpc) is 3.62. The third-order valence-electron chi connectivity index (χ3n) is 12.2. The summed E-state index contributed by atoms with van der Waals surface area (Å²) in [5, 5.41) is 24.5. The molecule has 2 nitrogen and oxygen atoms in total. The third kappa shape index (κ3) is 4.52. The number of rotatable bonds is 4. The lowest BCUT2D eigenvalue weighted by molar-refractivity contribution is 1.18. The van der Waals surface area contributed by atoms with E-state index in [1.807, 2.05) is 6.07 Å². The van der Waals surface area contributed by atoms with Gasteiger partial charge in [0.25, 0.3) is 0 Å². The van der Waals surface area contributed by atoms with Gasteiger partial charge in [0, 0.05) is 21.8 Å². The van der Waals surface area contributed by atoms with E-state index in [1.54, 1.807) is 0 Å². The van der Waals surface area contributed by atoms with Gasteiger partial charge in [-0.15, -0.1) is 0 Å². The quantitative estimate of drug-likeness (QED) is 0.131. The van der Waals surface area contributed by atoms with Crippen LogP contribution in [-0.2, 0) is 0 Å². The van der Waals surface area contributed by atoms with Crippen LogP contribution >= 0.6 is 0 Å². The van der Waals surface area contributed by atoms with E-state index < -0.39 is 0 Å². The lowest BCUT2D eigenvalue weighted by Crippen LogP contribution is -1.94. The lowest BCUT2D eigenvalue weighted by Gasteiger charge is -2.21. The fourth-order valence-corrected chi connectivity index (χ4v) is 9.77. The zero-order chi connectivity index (χ0) is 37.6. The van der Waals surface area contributed by atoms with Crippen molar-refractivity contribution in [3.05, 3.63) is 200 Å². The molecule has 0 fully saturated rings. The number of hydrogen-bond acceptors (Lipinski definition) is 1. The Balaban J connectivity index is 1.22. The van der Waals surface area contributed by atoms with Gasteiger partial charge in [-0.3, -0.25) is 0 Å². The molecule has 0 unspecified atom stereocenters. The van der Waals surface area contributed by atoms with Crippen LogP contribution in [0.3, 0.4) is 0 Å². The van der Waals surface area contributed by atoms with Crippen molar-refractivity contribution in [3.63, 3.8) is 0 Å². The second-order valence-corrected chi connectivity index (χ2v) is 15.1. The number of para-hydroxylation sites is 1. The van der Waals surface area contributed by atoms with Crippen LogP contribution in [0.4, 0.5) is 0 Å². The van der Waals surface area contributed by atoms with Gasteiger partial charge < -0.3 is 4.57 Å². The second kappa shape index (κ2) is 12.1. The Hall–Kier alpha value is -7.73. The van der Waals surface area contributed by atoms with Crippen LogP contribution in [0.15, 0.2) is 194 Å². The molecule has 12 rings (SSSR count). The van der Waals surface area contributed by atoms with Gasteiger partial charge in [-0.05, 0) is 118 Å². The highest BCUT2D eigenvalue weighted by Crippen LogP contribution is 2.49. The molecule has 12 aromatic rings. The van der Waals surface area contributed by atoms with E-state index in [4.69, 9.17) is 0 Å². The third-order valence-corrected chi connectivity index (χ3v) is 12.2. The molecule has 0 aliphatic carbocycles. The van der Waals surface area contributed by atoms with Crippen LogP contribution in [0.5, 0.6) is 0 Å². The summed E-state index contributed by atoms with van der Waals surface area (Å²) in [7, 11) is 0. The number of aromatic nitrogens is 1. The molecule has 0 aliphatic heterocycles. The van der Waals surface area contributed by atoms with E-state index in [0.29, 0.717) is 5.56 Å². The summed E-state index contributed by atoms with van der Waals surface area (Å²) in [6, 6.07) is 72.9. The highest BCUT2D eigenvalue weighted by atomic mass is 15.0. The summed E-state index contributed by atoms with van der Waals surface area (Å²) in [4.78, 5) is 0. The molecular weight excluding hydrogens is 689 g/mol. The van der Waals surface area contributed by atoms with E-state index in [1.165, 1.54) is 81.7 Å². The molecule has 0 saturated carbocycles. The van der Waals surface area contributed by atoms with Gasteiger partial charge in [0.1, 0.15) is 0 Å². The van der Waals surface area contributed by atoms with Crippen LogP contribution < -0.4 is 0 Å². The second-order valence-electron chi connectivity index (χ2n) is 15.1. The average molecular weight is 721 g/mol. The highest BCUT2D eigenvalue weighted by Gasteiger charge is 2.23. The first-order valence-corrected chi connectivity index (χ1v) is 19.5. The first-order valence-electron chi connectivity index (χ1n) is 19.5. The minimum absolute atomic E-state index is 0.695. The number of fused-ring (bicyclic) bond motifs is 4. The summed E-state index contributed by atoms with van der Waals surface area (Å²) >= 11 is 0. The fraction of sp³-hybridized carbons (Fsp3) is 0. The zero-order valence-corrected chi connectivity index (χ0v) is 30.9. The van der Waals surface area contributed by atoms with Crippen molar-refractivity contribution in [2.45, 2.75) is 0 Å². The Labute approximate surface area is 329 Å². The molecule has 0 saturated heterocycles. The number of nitriles is 1. The van der Waals surface area contributed by atoms with Gasteiger partial charge in [-0.25, -0.2) is 0 Å². The maximum absolute atomic E-state index is 10.2. The van der Waals surface area contributed by atoms with E-state index in [0.717, 1.165) is 33.1 Å². The topological polar surface area (TPSA) is 28.7 Å². The minimum Gasteiger partial charge on any atom is -0.309 e. The van der Waals surface area contributed by atoms with E-state index in [-0.39, 0.29) is 0 Å². The maximum Gasteiger partial charge on any atom is 0.0998 e. The van der Waals surface area contributed by atoms with Crippen LogP contribution in [0.25, 0.3) is 115 Å². The molecule has 0 amide bonds. The molecule has 0 radical (unpaired) electrons. The van der Waals surface area contributed by atoms with Gasteiger partial charge in [0.15, 0.2) is 0 Å². The molecule has 57 heavy (non-hydrogen) atoms. The normalized spacial score (nSPS) is 11.8. The van der Waals surface area contributed by atoms with E-state index in [2.05, 4.69) is 199 Å². The van der Waals surface area contributed by atoms with Crippen molar-refractivity contribution in [1.29, 1.82) is 5.26 Å². The Bertz CT molecular complexity index is 3630. The van der Waals surface area contributed by atoms with Crippen molar-refractivity contribution in [3.8, 4) is 45.1 Å². The smallest absolute Gasteiger partial charge is 0.0998 e. The number of hydrogen-bond donors (Lipinski definition) is 0. The summed E-state index contributed by atoms with van der Waals surface area (Å²) in [6.07, 6.45) is 0. The molecule has 262 valence electrons. The Morgan fingerprint density at radius 2 is 0.860 bits per heavy atom. The van der Waals surface area contributed by atoms with Crippen molar-refractivity contribution in [2.24, 2.45) is 0 Å². The number of benzene rings is 11. The van der Waals surface area contributed by atoms with Gasteiger partial charge in [0.2, 0.25) is 0 Å². The molecule has 0 atom stereocenters. The predicted octanol–water partition coefficient (Wildman–Crippen LogP) is 14.9. The van der Waals surface area contributed by atoms with Crippen molar-refractivity contribution >= 4 is 75.7 Å². The molecule has 1 heterocycles. The predicted molar refractivity (Wildman–Crippen MR) is 241 cm³/mol. The molecule has 1 aromatic heterocycles. The Morgan fingerprint density at radius 1 is 0.351 bits per heavy atom. The largest absolute Gasteiger partial charge is 0.309 e. The molecular formula is C55H32N2. The molecule has 11 aromatic carbocycles. The van der Waals surface area contributed by atoms with Crippen LogP contribution in [0, 0.1) is 11.3 Å². The minimum atomic E-state index is 0.695. The molecule has 0 bridgehead atoms. The summed E-state index contributed by atoms with van der Waals surface area (Å²) in [6.45, 7) is 0. The van der Waals surface area contributed by atoms with E-state index in [9.17, 15) is 5.26 Å². The zero-order valence-electron chi connectivity index (χ0n) is 30.9. The van der Waals surface area contributed by atoms with Crippen LogP contribution in [0.2, 0.25) is 0 Å². The Kier molecular flexibility index (Phi) is 6.73. The molecule has 2 heteroatoms. The first-order chi connectivity index (χ1) is 28.3. The van der Waals surface area contributed by atoms with Crippen LogP contribution in [0.1, 0.15) is 5.56 Å². The summed E-state index contributed by atoms with van der Waals surface area (Å²) in [5.41, 5.74) is 11.3. The maximum atomic E-state index is 10.2. The van der Waals surface area contributed by atoms with Gasteiger partial charge >= 0.3 is 0 Å². The highest BCUT2D eigenvalue weighted by molar-refractivity contribution is 6.29. The summed E-state index contributed by atoms with van der Waals surface area (Å²) < 4.78 is 2.34. The van der Waals surface area contributed by atoms with Crippen LogP contribution in [-0.4, -0.2) is 4.57 Å². The number of nitrogens with zero attached hydrogens (tertiary/aromatic N) is 2.